The summed E-state index contributed by atoms with van der Waals surface area (Å²) in [5.74, 6) is 0.167. The SMILES string of the molecule is Cc1cc(/C=N/NC(=O)Cc2cccc(C(F)(F)F)c2)c(C)n1-c1ccc(Oc2ccc([N+](=O)[O-])cn2)cc1. The van der Waals surface area contributed by atoms with E-state index in [1.165, 1.54) is 30.5 Å². The Labute approximate surface area is 220 Å². The lowest BCUT2D eigenvalue weighted by Gasteiger charge is -2.11. The molecule has 39 heavy (non-hydrogen) atoms. The van der Waals surface area contributed by atoms with Crippen LogP contribution in [0.1, 0.15) is 28.1 Å². The predicted molar refractivity (Wildman–Crippen MR) is 137 cm³/mol. The van der Waals surface area contributed by atoms with Gasteiger partial charge in [0.15, 0.2) is 0 Å². The van der Waals surface area contributed by atoms with Crippen molar-refractivity contribution in [2.24, 2.45) is 5.10 Å². The summed E-state index contributed by atoms with van der Waals surface area (Å²) in [4.78, 5) is 26.3. The number of hydrogen-bond donors (Lipinski definition) is 1. The standard InChI is InChI=1S/C27H22F3N5O4/c1-17-12-20(15-32-33-25(36)14-19-4-3-5-21(13-19)27(28,29)30)18(2)34(17)22-6-9-24(10-7-22)39-26-11-8-23(16-31-26)35(37)38/h3-13,15-16H,14H2,1-2H3,(H,33,36)/b32-15+. The topological polar surface area (TPSA) is 112 Å². The van der Waals surface area contributed by atoms with Gasteiger partial charge in [0.05, 0.1) is 23.1 Å². The quantitative estimate of drug-likeness (QED) is 0.171. The second kappa shape index (κ2) is 11.2. The zero-order valence-corrected chi connectivity index (χ0v) is 20.8. The first-order chi connectivity index (χ1) is 18.5. The maximum Gasteiger partial charge on any atom is 0.416 e. The molecule has 1 N–H and O–H groups in total. The molecule has 9 nitrogen and oxygen atoms in total. The maximum atomic E-state index is 12.9. The van der Waals surface area contributed by atoms with E-state index < -0.39 is 22.6 Å². The van der Waals surface area contributed by atoms with Crippen LogP contribution in [0.2, 0.25) is 0 Å². The third-order valence-corrected chi connectivity index (χ3v) is 5.73. The van der Waals surface area contributed by atoms with Crippen molar-refractivity contribution in [2.45, 2.75) is 26.4 Å². The Morgan fingerprint density at radius 2 is 1.87 bits per heavy atom. The third-order valence-electron chi connectivity index (χ3n) is 5.73. The number of nitrogens with zero attached hydrogens (tertiary/aromatic N) is 4. The molecule has 2 aromatic carbocycles. The van der Waals surface area contributed by atoms with Gasteiger partial charge in [0.2, 0.25) is 11.8 Å². The minimum Gasteiger partial charge on any atom is -0.439 e. The van der Waals surface area contributed by atoms with Crippen LogP contribution in [0, 0.1) is 24.0 Å². The number of alkyl halides is 3. The first-order valence-electron chi connectivity index (χ1n) is 11.6. The number of hydrogen-bond acceptors (Lipinski definition) is 6. The van der Waals surface area contributed by atoms with Crippen molar-refractivity contribution in [2.75, 3.05) is 0 Å². The zero-order valence-electron chi connectivity index (χ0n) is 20.8. The Bertz CT molecular complexity index is 1530. The number of aryl methyl sites for hydroxylation is 1. The lowest BCUT2D eigenvalue weighted by molar-refractivity contribution is -0.385. The van der Waals surface area contributed by atoms with Crippen molar-refractivity contribution < 1.29 is 27.6 Å². The number of carbonyl (C=O) groups excluding carboxylic acids is 1. The average Bonchev–Trinajstić information content (AvgIpc) is 3.17. The van der Waals surface area contributed by atoms with Gasteiger partial charge in [-0.3, -0.25) is 14.9 Å². The molecule has 1 amide bonds. The molecule has 200 valence electrons. The maximum absolute atomic E-state index is 12.9. The molecule has 4 rings (SSSR count). The number of halogens is 3. The first-order valence-corrected chi connectivity index (χ1v) is 11.6. The second-order valence-corrected chi connectivity index (χ2v) is 8.54. The van der Waals surface area contributed by atoms with Crippen LogP contribution in [0.3, 0.4) is 0 Å². The van der Waals surface area contributed by atoms with Crippen LogP contribution < -0.4 is 10.2 Å². The first kappa shape index (κ1) is 27.0. The number of pyridine rings is 1. The molecule has 2 heterocycles. The number of aromatic nitrogens is 2. The van der Waals surface area contributed by atoms with Crippen LogP contribution in [-0.2, 0) is 17.4 Å². The molecule has 2 aromatic heterocycles. The third kappa shape index (κ3) is 6.66. The fourth-order valence-electron chi connectivity index (χ4n) is 3.90. The normalized spacial score (nSPS) is 11.5. The van der Waals surface area contributed by atoms with Gasteiger partial charge in [0, 0.05) is 34.8 Å². The monoisotopic (exact) mass is 537 g/mol. The minimum atomic E-state index is -4.48. The number of amides is 1. The fraction of sp³-hybridized carbons (Fsp3) is 0.148. The number of nitrogens with one attached hydrogen (secondary N) is 1. The van der Waals surface area contributed by atoms with Crippen LogP contribution in [0.5, 0.6) is 11.6 Å². The van der Waals surface area contributed by atoms with Gasteiger partial charge in [0.1, 0.15) is 11.9 Å². The van der Waals surface area contributed by atoms with E-state index in [1.807, 2.05) is 36.6 Å². The Kier molecular flexibility index (Phi) is 7.75. The molecule has 0 radical (unpaired) electrons. The van der Waals surface area contributed by atoms with Gasteiger partial charge in [-0.2, -0.15) is 18.3 Å². The summed E-state index contributed by atoms with van der Waals surface area (Å²) in [5, 5.41) is 14.7. The van der Waals surface area contributed by atoms with E-state index >= 15 is 0 Å². The predicted octanol–water partition coefficient (Wildman–Crippen LogP) is 5.90. The summed E-state index contributed by atoms with van der Waals surface area (Å²) in [6.07, 6.45) is -2.14. The highest BCUT2D eigenvalue weighted by Crippen LogP contribution is 2.29. The number of rotatable bonds is 8. The summed E-state index contributed by atoms with van der Waals surface area (Å²) in [6.45, 7) is 3.78. The van der Waals surface area contributed by atoms with Crippen molar-refractivity contribution in [3.05, 3.63) is 111 Å². The number of carbonyl (C=O) groups is 1. The van der Waals surface area contributed by atoms with Crippen LogP contribution >= 0.6 is 0 Å². The smallest absolute Gasteiger partial charge is 0.416 e. The molecule has 12 heteroatoms. The van der Waals surface area contributed by atoms with Crippen molar-refractivity contribution in [1.29, 1.82) is 0 Å². The van der Waals surface area contributed by atoms with E-state index in [0.29, 0.717) is 5.75 Å². The Balaban J connectivity index is 1.40. The van der Waals surface area contributed by atoms with Gasteiger partial charge in [-0.25, -0.2) is 10.4 Å². The highest BCUT2D eigenvalue weighted by molar-refractivity contribution is 5.84. The summed E-state index contributed by atoms with van der Waals surface area (Å²) in [5.41, 5.74) is 4.95. The Hall–Kier alpha value is -5.00. The molecule has 0 saturated heterocycles. The van der Waals surface area contributed by atoms with Gasteiger partial charge in [0.25, 0.3) is 5.69 Å². The number of nitro groups is 1. The summed E-state index contributed by atoms with van der Waals surface area (Å²) >= 11 is 0. The molecule has 0 saturated carbocycles. The molecule has 0 aliphatic rings. The van der Waals surface area contributed by atoms with Gasteiger partial charge < -0.3 is 9.30 Å². The van der Waals surface area contributed by atoms with Crippen molar-refractivity contribution >= 4 is 17.8 Å². The molecule has 0 atom stereocenters. The van der Waals surface area contributed by atoms with E-state index in [2.05, 4.69) is 15.5 Å². The fourth-order valence-corrected chi connectivity index (χ4v) is 3.90. The molecular weight excluding hydrogens is 515 g/mol. The lowest BCUT2D eigenvalue weighted by Crippen LogP contribution is -2.20. The molecule has 0 aliphatic carbocycles. The molecular formula is C27H22F3N5O4. The Morgan fingerprint density at radius 1 is 1.13 bits per heavy atom. The number of benzene rings is 2. The lowest BCUT2D eigenvalue weighted by atomic mass is 10.1. The zero-order chi connectivity index (χ0) is 28.2. The molecule has 0 unspecified atom stereocenters. The van der Waals surface area contributed by atoms with Gasteiger partial charge in [-0.1, -0.05) is 18.2 Å². The van der Waals surface area contributed by atoms with E-state index in [-0.39, 0.29) is 23.6 Å². The summed E-state index contributed by atoms with van der Waals surface area (Å²) in [7, 11) is 0. The van der Waals surface area contributed by atoms with Crippen molar-refractivity contribution in [1.82, 2.24) is 15.0 Å². The van der Waals surface area contributed by atoms with Crippen molar-refractivity contribution in [3.8, 4) is 17.3 Å². The summed E-state index contributed by atoms with van der Waals surface area (Å²) in [6, 6.07) is 16.3. The molecule has 4 aromatic rings. The minimum absolute atomic E-state index is 0.133. The van der Waals surface area contributed by atoms with E-state index in [9.17, 15) is 28.1 Å². The van der Waals surface area contributed by atoms with E-state index in [4.69, 9.17) is 4.74 Å². The largest absolute Gasteiger partial charge is 0.439 e. The Morgan fingerprint density at radius 3 is 2.51 bits per heavy atom. The van der Waals surface area contributed by atoms with Gasteiger partial charge >= 0.3 is 6.18 Å². The van der Waals surface area contributed by atoms with E-state index in [0.717, 1.165) is 41.0 Å². The second-order valence-electron chi connectivity index (χ2n) is 8.54. The van der Waals surface area contributed by atoms with E-state index in [1.54, 1.807) is 12.1 Å². The van der Waals surface area contributed by atoms with Crippen LogP contribution in [0.15, 0.2) is 78.0 Å². The molecule has 0 fully saturated rings. The summed E-state index contributed by atoms with van der Waals surface area (Å²) < 4.78 is 46.3. The van der Waals surface area contributed by atoms with Gasteiger partial charge in [-0.05, 0) is 55.8 Å². The van der Waals surface area contributed by atoms with Crippen LogP contribution in [0.25, 0.3) is 5.69 Å². The van der Waals surface area contributed by atoms with Crippen molar-refractivity contribution in [3.63, 3.8) is 0 Å². The molecule has 0 bridgehead atoms. The highest BCUT2D eigenvalue weighted by atomic mass is 19.4. The average molecular weight is 537 g/mol. The van der Waals surface area contributed by atoms with Gasteiger partial charge in [-0.15, -0.1) is 0 Å². The highest BCUT2D eigenvalue weighted by Gasteiger charge is 2.30. The van der Waals surface area contributed by atoms with Crippen LogP contribution in [0.4, 0.5) is 18.9 Å². The molecule has 0 aliphatic heterocycles. The molecule has 0 spiro atoms. The van der Waals surface area contributed by atoms with Crippen LogP contribution in [-0.4, -0.2) is 26.6 Å². The number of hydrazone groups is 1. The number of ether oxygens (including phenoxy) is 1.